The quantitative estimate of drug-likeness (QED) is 0.243. The molecule has 7 nitrogen and oxygen atoms in total. The van der Waals surface area contributed by atoms with Crippen LogP contribution in [-0.2, 0) is 0 Å². The maximum Gasteiger partial charge on any atom is 0.344 e. The lowest BCUT2D eigenvalue weighted by Gasteiger charge is -2.27. The maximum absolute atomic E-state index is 13.4. The summed E-state index contributed by atoms with van der Waals surface area (Å²) in [6.07, 6.45) is 1.59. The Morgan fingerprint density at radius 3 is 2.53 bits per heavy atom. The van der Waals surface area contributed by atoms with Crippen LogP contribution in [0.2, 0.25) is 0 Å². The molecule has 1 atom stereocenters. The van der Waals surface area contributed by atoms with Gasteiger partial charge in [0.1, 0.15) is 11.9 Å². The van der Waals surface area contributed by atoms with Crippen molar-refractivity contribution in [2.24, 2.45) is 0 Å². The van der Waals surface area contributed by atoms with E-state index in [0.717, 1.165) is 21.2 Å². The fourth-order valence-corrected chi connectivity index (χ4v) is 5.01. The highest BCUT2D eigenvalue weighted by atomic mass is 79.9. The molecule has 1 unspecified atom stereocenters. The van der Waals surface area contributed by atoms with Gasteiger partial charge in [-0.25, -0.2) is 19.3 Å². The van der Waals surface area contributed by atoms with Crippen LogP contribution in [0.25, 0.3) is 28.0 Å². The first-order valence-corrected chi connectivity index (χ1v) is 12.2. The second kappa shape index (κ2) is 7.86. The Morgan fingerprint density at radius 2 is 1.72 bits per heavy atom. The third-order valence-electron chi connectivity index (χ3n) is 6.48. The number of hydrogen-bond donors (Lipinski definition) is 0. The van der Waals surface area contributed by atoms with Crippen LogP contribution in [0, 0.1) is 6.92 Å². The minimum absolute atomic E-state index is 0.395. The van der Waals surface area contributed by atoms with Gasteiger partial charge in [-0.05, 0) is 36.8 Å². The van der Waals surface area contributed by atoms with Crippen LogP contribution in [0.1, 0.15) is 28.2 Å². The number of benzene rings is 3. The molecule has 7 rings (SSSR count). The molecule has 4 heterocycles. The molecular formula is C28H17BrN4O3. The number of aromatic nitrogens is 4. The van der Waals surface area contributed by atoms with E-state index in [-0.39, 0.29) is 0 Å². The largest absolute Gasteiger partial charge is 0.437 e. The molecule has 6 aromatic rings. The molecule has 3 aromatic carbocycles. The van der Waals surface area contributed by atoms with Crippen LogP contribution < -0.4 is 10.4 Å². The summed E-state index contributed by atoms with van der Waals surface area (Å²) in [5.74, 6) is 0.913. The summed E-state index contributed by atoms with van der Waals surface area (Å²) in [4.78, 5) is 22.9. The maximum atomic E-state index is 13.4. The van der Waals surface area contributed by atoms with Crippen molar-refractivity contribution < 1.29 is 9.15 Å². The van der Waals surface area contributed by atoms with E-state index in [0.29, 0.717) is 45.2 Å². The second-order valence-corrected chi connectivity index (χ2v) is 9.66. The van der Waals surface area contributed by atoms with Crippen molar-refractivity contribution in [3.63, 3.8) is 0 Å². The first-order valence-electron chi connectivity index (χ1n) is 11.4. The minimum atomic E-state index is -0.497. The Kier molecular flexibility index (Phi) is 4.59. The molecule has 1 aliphatic rings. The topological polar surface area (TPSA) is 82.5 Å². The lowest BCUT2D eigenvalue weighted by atomic mass is 9.84. The molecule has 8 heteroatoms. The average Bonchev–Trinajstić information content (AvgIpc) is 3.33. The predicted molar refractivity (Wildman–Crippen MR) is 139 cm³/mol. The zero-order valence-corrected chi connectivity index (χ0v) is 20.6. The summed E-state index contributed by atoms with van der Waals surface area (Å²) in [7, 11) is 0. The van der Waals surface area contributed by atoms with E-state index in [2.05, 4.69) is 26.0 Å². The molecule has 0 saturated heterocycles. The molecule has 1 aliphatic heterocycles. The van der Waals surface area contributed by atoms with Crippen LogP contribution in [0.3, 0.4) is 0 Å². The zero-order chi connectivity index (χ0) is 24.4. The number of halogens is 1. The second-order valence-electron chi connectivity index (χ2n) is 8.75. The van der Waals surface area contributed by atoms with Gasteiger partial charge in [-0.3, -0.25) is 0 Å². The summed E-state index contributed by atoms with van der Waals surface area (Å²) in [5.41, 5.74) is 4.58. The van der Waals surface area contributed by atoms with E-state index in [1.165, 1.54) is 0 Å². The molecule has 0 amide bonds. The van der Waals surface area contributed by atoms with Crippen LogP contribution >= 0.6 is 15.9 Å². The summed E-state index contributed by atoms with van der Waals surface area (Å²) >= 11 is 3.47. The highest BCUT2D eigenvalue weighted by Gasteiger charge is 2.37. The van der Waals surface area contributed by atoms with Crippen molar-refractivity contribution in [1.29, 1.82) is 0 Å². The minimum Gasteiger partial charge on any atom is -0.437 e. The van der Waals surface area contributed by atoms with Gasteiger partial charge >= 0.3 is 5.63 Å². The van der Waals surface area contributed by atoms with E-state index >= 15 is 0 Å². The molecule has 0 N–H and O–H groups in total. The Hall–Kier alpha value is -4.30. The third kappa shape index (κ3) is 3.18. The number of rotatable bonds is 2. The van der Waals surface area contributed by atoms with Crippen molar-refractivity contribution in [3.8, 4) is 23.0 Å². The fourth-order valence-electron chi connectivity index (χ4n) is 4.74. The molecule has 0 radical (unpaired) electrons. The Labute approximate surface area is 213 Å². The van der Waals surface area contributed by atoms with Crippen LogP contribution in [-0.4, -0.2) is 19.6 Å². The van der Waals surface area contributed by atoms with Gasteiger partial charge in [0.15, 0.2) is 17.2 Å². The Morgan fingerprint density at radius 1 is 0.944 bits per heavy atom. The van der Waals surface area contributed by atoms with Crippen molar-refractivity contribution in [1.82, 2.24) is 19.6 Å². The van der Waals surface area contributed by atoms with Crippen molar-refractivity contribution in [2.75, 3.05) is 0 Å². The Bertz CT molecular complexity index is 1860. The Balaban J connectivity index is 1.54. The van der Waals surface area contributed by atoms with Crippen LogP contribution in [0.5, 0.6) is 11.6 Å². The average molecular weight is 537 g/mol. The SMILES string of the molecule is Cc1ccc(C2c3c(c4ccccc4oc3=O)Oc3ncn4nc(-c5ccc(Br)cc5)nc4c32)cc1. The molecule has 0 saturated carbocycles. The van der Waals surface area contributed by atoms with Gasteiger partial charge in [0.2, 0.25) is 5.88 Å². The van der Waals surface area contributed by atoms with Gasteiger partial charge in [-0.2, -0.15) is 0 Å². The van der Waals surface area contributed by atoms with E-state index < -0.39 is 11.5 Å². The van der Waals surface area contributed by atoms with Gasteiger partial charge in [-0.1, -0.05) is 70.0 Å². The number of fused-ring (bicyclic) bond motifs is 6. The molecule has 0 spiro atoms. The smallest absolute Gasteiger partial charge is 0.344 e. The number of nitrogens with zero attached hydrogens (tertiary/aromatic N) is 4. The van der Waals surface area contributed by atoms with Crippen molar-refractivity contribution >= 4 is 32.5 Å². The van der Waals surface area contributed by atoms with E-state index in [1.807, 2.05) is 73.7 Å². The van der Waals surface area contributed by atoms with Crippen LogP contribution in [0.4, 0.5) is 0 Å². The molecule has 36 heavy (non-hydrogen) atoms. The van der Waals surface area contributed by atoms with E-state index in [9.17, 15) is 4.79 Å². The first kappa shape index (κ1) is 21.0. The first-order chi connectivity index (χ1) is 17.6. The van der Waals surface area contributed by atoms with Crippen LogP contribution in [0.15, 0.2) is 92.8 Å². The summed E-state index contributed by atoms with van der Waals surface area (Å²) < 4.78 is 14.7. The lowest BCUT2D eigenvalue weighted by molar-refractivity contribution is 0.422. The molecular weight excluding hydrogens is 520 g/mol. The van der Waals surface area contributed by atoms with Crippen molar-refractivity contribution in [2.45, 2.75) is 12.8 Å². The summed E-state index contributed by atoms with van der Waals surface area (Å²) in [6.45, 7) is 2.03. The normalized spacial score (nSPS) is 14.4. The molecule has 3 aromatic heterocycles. The third-order valence-corrected chi connectivity index (χ3v) is 7.00. The standard InChI is InChI=1S/C28H17BrN4O3/c1-15-6-8-16(9-7-15)21-22-24(19-4-2-3-5-20(19)35-28(22)34)36-27-23(21)26-31-25(32-33(26)14-30-27)17-10-12-18(29)13-11-17/h2-14,21H,1H3. The van der Waals surface area contributed by atoms with Gasteiger partial charge in [0, 0.05) is 10.0 Å². The molecule has 0 aliphatic carbocycles. The fraction of sp³-hybridized carbons (Fsp3) is 0.0714. The van der Waals surface area contributed by atoms with Crippen molar-refractivity contribution in [3.05, 3.63) is 116 Å². The number of hydrogen-bond acceptors (Lipinski definition) is 6. The highest BCUT2D eigenvalue weighted by Crippen LogP contribution is 2.48. The van der Waals surface area contributed by atoms with Gasteiger partial charge in [0.05, 0.1) is 22.4 Å². The van der Waals surface area contributed by atoms with E-state index in [4.69, 9.17) is 14.1 Å². The zero-order valence-electron chi connectivity index (χ0n) is 19.0. The van der Waals surface area contributed by atoms with Gasteiger partial charge in [0.25, 0.3) is 0 Å². The van der Waals surface area contributed by atoms with Gasteiger partial charge < -0.3 is 9.15 Å². The van der Waals surface area contributed by atoms with E-state index in [1.54, 1.807) is 16.9 Å². The monoisotopic (exact) mass is 536 g/mol. The molecule has 0 bridgehead atoms. The summed E-state index contributed by atoms with van der Waals surface area (Å²) in [6, 6.07) is 23.2. The summed E-state index contributed by atoms with van der Waals surface area (Å²) in [5, 5.41) is 5.38. The number of ether oxygens (including phenoxy) is 1. The highest BCUT2D eigenvalue weighted by molar-refractivity contribution is 9.10. The predicted octanol–water partition coefficient (Wildman–Crippen LogP) is 6.25. The lowest BCUT2D eigenvalue weighted by Crippen LogP contribution is -2.22. The molecule has 174 valence electrons. The number of para-hydroxylation sites is 1. The molecule has 0 fully saturated rings. The number of aryl methyl sites for hydroxylation is 1. The van der Waals surface area contributed by atoms with Gasteiger partial charge in [-0.15, -0.1) is 5.10 Å².